The van der Waals surface area contributed by atoms with E-state index in [4.69, 9.17) is 17.3 Å². The number of aromatic nitrogens is 3. The van der Waals surface area contributed by atoms with E-state index in [1.165, 1.54) is 22.9 Å². The summed E-state index contributed by atoms with van der Waals surface area (Å²) in [6.07, 6.45) is 2.28. The molecule has 0 aliphatic carbocycles. The highest BCUT2D eigenvalue weighted by molar-refractivity contribution is 6.30. The summed E-state index contributed by atoms with van der Waals surface area (Å²) < 4.78 is 1.31. The first kappa shape index (κ1) is 13.4. The Bertz CT molecular complexity index is 613. The number of hydrogen-bond donors (Lipinski definition) is 1. The van der Waals surface area contributed by atoms with Crippen molar-refractivity contribution in [1.29, 1.82) is 0 Å². The van der Waals surface area contributed by atoms with Crippen LogP contribution in [0.4, 0.5) is 5.69 Å². The van der Waals surface area contributed by atoms with Crippen LogP contribution in [0.15, 0.2) is 24.4 Å². The molecule has 0 saturated heterocycles. The Kier molecular flexibility index (Phi) is 3.77. The lowest BCUT2D eigenvalue weighted by Crippen LogP contribution is -2.08. The van der Waals surface area contributed by atoms with Crippen LogP contribution in [-0.4, -0.2) is 19.9 Å². The van der Waals surface area contributed by atoms with Crippen molar-refractivity contribution in [2.75, 3.05) is 0 Å². The predicted molar refractivity (Wildman–Crippen MR) is 70.2 cm³/mol. The van der Waals surface area contributed by atoms with Crippen molar-refractivity contribution in [2.45, 2.75) is 19.4 Å². The van der Waals surface area contributed by atoms with Crippen molar-refractivity contribution in [2.24, 2.45) is 5.73 Å². The summed E-state index contributed by atoms with van der Waals surface area (Å²) in [6.45, 7) is 1.92. The largest absolute Gasteiger partial charge is 0.323 e. The van der Waals surface area contributed by atoms with E-state index in [1.54, 1.807) is 6.20 Å². The van der Waals surface area contributed by atoms with Gasteiger partial charge in [-0.2, -0.15) is 0 Å². The third-order valence-corrected chi connectivity index (χ3v) is 2.95. The Morgan fingerprint density at radius 1 is 1.58 bits per heavy atom. The topological polar surface area (TPSA) is 99.9 Å². The highest BCUT2D eigenvalue weighted by atomic mass is 35.5. The Hall–Kier alpha value is -1.99. The molecule has 0 fully saturated rings. The number of nitrogens with zero attached hydrogens (tertiary/aromatic N) is 4. The van der Waals surface area contributed by atoms with Gasteiger partial charge in [-0.05, 0) is 18.6 Å². The molecule has 0 saturated carbocycles. The molecule has 2 aromatic rings. The minimum Gasteiger partial charge on any atom is -0.323 e. The van der Waals surface area contributed by atoms with Crippen LogP contribution in [0.2, 0.25) is 5.02 Å². The number of halogens is 1. The monoisotopic (exact) mass is 281 g/mol. The average Bonchev–Trinajstić information content (AvgIpc) is 2.86. The normalized spacial score (nSPS) is 12.4. The summed E-state index contributed by atoms with van der Waals surface area (Å²) in [5.74, 6) is 0. The Labute approximate surface area is 114 Å². The van der Waals surface area contributed by atoms with E-state index in [1.807, 2.05) is 6.92 Å². The molecule has 19 heavy (non-hydrogen) atoms. The maximum Gasteiger partial charge on any atom is 0.295 e. The summed E-state index contributed by atoms with van der Waals surface area (Å²) in [7, 11) is 0. The van der Waals surface area contributed by atoms with Gasteiger partial charge in [0, 0.05) is 11.1 Å². The number of hydrogen-bond acceptors (Lipinski definition) is 5. The zero-order chi connectivity index (χ0) is 14.0. The van der Waals surface area contributed by atoms with E-state index >= 15 is 0 Å². The number of rotatable bonds is 4. The van der Waals surface area contributed by atoms with Gasteiger partial charge in [-0.3, -0.25) is 10.1 Å². The Morgan fingerprint density at radius 3 is 2.95 bits per heavy atom. The van der Waals surface area contributed by atoms with Crippen LogP contribution >= 0.6 is 11.6 Å². The molecule has 7 nitrogen and oxygen atoms in total. The highest BCUT2D eigenvalue weighted by Gasteiger charge is 2.18. The van der Waals surface area contributed by atoms with Crippen molar-refractivity contribution in [1.82, 2.24) is 15.0 Å². The Morgan fingerprint density at radius 2 is 2.32 bits per heavy atom. The van der Waals surface area contributed by atoms with E-state index in [2.05, 4.69) is 10.3 Å². The SMILES string of the molecule is CCC(N)c1cn(-c2cc(Cl)ccc2[N+](=O)[O-])nn1. The van der Waals surface area contributed by atoms with Crippen LogP contribution in [-0.2, 0) is 0 Å². The lowest BCUT2D eigenvalue weighted by Gasteiger charge is -2.03. The molecule has 1 heterocycles. The fourth-order valence-corrected chi connectivity index (χ4v) is 1.77. The lowest BCUT2D eigenvalue weighted by molar-refractivity contribution is -0.384. The summed E-state index contributed by atoms with van der Waals surface area (Å²) in [5, 5.41) is 19.1. The van der Waals surface area contributed by atoms with Gasteiger partial charge in [0.05, 0.1) is 22.9 Å². The fourth-order valence-electron chi connectivity index (χ4n) is 1.61. The van der Waals surface area contributed by atoms with Gasteiger partial charge in [-0.1, -0.05) is 23.7 Å². The molecule has 1 unspecified atom stereocenters. The van der Waals surface area contributed by atoms with Gasteiger partial charge in [0.2, 0.25) is 0 Å². The molecule has 0 bridgehead atoms. The third-order valence-electron chi connectivity index (χ3n) is 2.71. The van der Waals surface area contributed by atoms with E-state index < -0.39 is 4.92 Å². The molecular weight excluding hydrogens is 270 g/mol. The van der Waals surface area contributed by atoms with E-state index in [-0.39, 0.29) is 17.4 Å². The molecule has 100 valence electrons. The first-order valence-corrected chi connectivity index (χ1v) is 6.03. The quantitative estimate of drug-likeness (QED) is 0.684. The van der Waals surface area contributed by atoms with E-state index in [0.717, 1.165) is 0 Å². The zero-order valence-corrected chi connectivity index (χ0v) is 10.9. The molecule has 0 radical (unpaired) electrons. The molecule has 0 spiro atoms. The summed E-state index contributed by atoms with van der Waals surface area (Å²) in [6, 6.07) is 4.01. The minimum atomic E-state index is -0.493. The van der Waals surface area contributed by atoms with Gasteiger partial charge in [0.15, 0.2) is 0 Å². The van der Waals surface area contributed by atoms with E-state index in [9.17, 15) is 10.1 Å². The summed E-state index contributed by atoms with van der Waals surface area (Å²) in [5.41, 5.74) is 6.59. The van der Waals surface area contributed by atoms with Gasteiger partial charge in [0.25, 0.3) is 5.69 Å². The number of nitro groups is 1. The first-order chi connectivity index (χ1) is 9.02. The van der Waals surface area contributed by atoms with Crippen molar-refractivity contribution >= 4 is 17.3 Å². The van der Waals surface area contributed by atoms with Gasteiger partial charge in [0.1, 0.15) is 5.69 Å². The van der Waals surface area contributed by atoms with Crippen molar-refractivity contribution in [3.8, 4) is 5.69 Å². The predicted octanol–water partition coefficient (Wildman–Crippen LogP) is 2.24. The zero-order valence-electron chi connectivity index (χ0n) is 10.2. The second-order valence-corrected chi connectivity index (χ2v) is 4.43. The summed E-state index contributed by atoms with van der Waals surface area (Å²) >= 11 is 5.86. The van der Waals surface area contributed by atoms with Gasteiger partial charge >= 0.3 is 0 Å². The minimum absolute atomic E-state index is 0.0917. The molecule has 1 aromatic heterocycles. The number of nitro benzene ring substituents is 1. The van der Waals surface area contributed by atoms with Gasteiger partial charge in [-0.15, -0.1) is 5.10 Å². The van der Waals surface area contributed by atoms with Crippen molar-refractivity contribution in [3.63, 3.8) is 0 Å². The number of benzene rings is 1. The molecule has 8 heteroatoms. The number of nitrogens with two attached hydrogens (primary N) is 1. The standard InChI is InChI=1S/C11H12ClN5O2/c1-2-8(13)9-6-16(15-14-9)11-5-7(12)3-4-10(11)17(18)19/h3-6,8H,2,13H2,1H3. The highest BCUT2D eigenvalue weighted by Crippen LogP contribution is 2.26. The summed E-state index contributed by atoms with van der Waals surface area (Å²) in [4.78, 5) is 10.5. The molecule has 1 aromatic carbocycles. The maximum atomic E-state index is 11.0. The maximum absolute atomic E-state index is 11.0. The molecule has 2 rings (SSSR count). The molecular formula is C11H12ClN5O2. The van der Waals surface area contributed by atoms with E-state index in [0.29, 0.717) is 17.1 Å². The molecule has 0 amide bonds. The van der Waals surface area contributed by atoms with Gasteiger partial charge in [-0.25, -0.2) is 4.68 Å². The second-order valence-electron chi connectivity index (χ2n) is 3.99. The van der Waals surface area contributed by atoms with Crippen LogP contribution in [0.1, 0.15) is 25.1 Å². The van der Waals surface area contributed by atoms with Gasteiger partial charge < -0.3 is 5.73 Å². The molecule has 2 N–H and O–H groups in total. The fraction of sp³-hybridized carbons (Fsp3) is 0.273. The van der Waals surface area contributed by atoms with Crippen molar-refractivity contribution in [3.05, 3.63) is 45.2 Å². The smallest absolute Gasteiger partial charge is 0.295 e. The molecule has 1 atom stereocenters. The first-order valence-electron chi connectivity index (χ1n) is 5.65. The lowest BCUT2D eigenvalue weighted by atomic mass is 10.2. The third kappa shape index (κ3) is 2.72. The molecule has 0 aliphatic rings. The van der Waals surface area contributed by atoms with Crippen molar-refractivity contribution < 1.29 is 4.92 Å². The van der Waals surface area contributed by atoms with Crippen LogP contribution in [0, 0.1) is 10.1 Å². The van der Waals surface area contributed by atoms with Crippen LogP contribution in [0.25, 0.3) is 5.69 Å². The Balaban J connectivity index is 2.49. The van der Waals surface area contributed by atoms with Crippen LogP contribution < -0.4 is 5.73 Å². The molecule has 0 aliphatic heterocycles. The second kappa shape index (κ2) is 5.33. The average molecular weight is 282 g/mol. The van der Waals surface area contributed by atoms with Crippen LogP contribution in [0.3, 0.4) is 0 Å². The van der Waals surface area contributed by atoms with Crippen LogP contribution in [0.5, 0.6) is 0 Å².